The van der Waals surface area contributed by atoms with Crippen LogP contribution in [0.3, 0.4) is 0 Å². The zero-order valence-electron chi connectivity index (χ0n) is 13.7. The quantitative estimate of drug-likeness (QED) is 0.820. The molecule has 2 aromatic rings. The highest BCUT2D eigenvalue weighted by Gasteiger charge is 2.18. The molecule has 0 saturated carbocycles. The molecule has 1 saturated heterocycles. The van der Waals surface area contributed by atoms with Crippen molar-refractivity contribution >= 4 is 29.1 Å². The predicted molar refractivity (Wildman–Crippen MR) is 95.9 cm³/mol. The van der Waals surface area contributed by atoms with Crippen LogP contribution in [0.4, 0.5) is 5.69 Å². The molecule has 25 heavy (non-hydrogen) atoms. The number of carbonyl (C=O) groups excluding carboxylic acids is 2. The van der Waals surface area contributed by atoms with Crippen LogP contribution >= 0.6 is 11.6 Å². The Balaban J connectivity index is 1.55. The Kier molecular flexibility index (Phi) is 5.55. The molecule has 1 aliphatic rings. The van der Waals surface area contributed by atoms with Gasteiger partial charge in [-0.1, -0.05) is 11.6 Å². The molecular weight excluding hydrogens is 342 g/mol. The van der Waals surface area contributed by atoms with Gasteiger partial charge in [0.1, 0.15) is 0 Å². The molecule has 1 aromatic heterocycles. The van der Waals surface area contributed by atoms with Crippen LogP contribution < -0.4 is 10.6 Å². The van der Waals surface area contributed by atoms with Crippen LogP contribution in [0.2, 0.25) is 5.02 Å². The van der Waals surface area contributed by atoms with Crippen molar-refractivity contribution < 1.29 is 9.59 Å². The second-order valence-electron chi connectivity index (χ2n) is 5.83. The minimum Gasteiger partial charge on any atom is -0.374 e. The van der Waals surface area contributed by atoms with Gasteiger partial charge in [-0.2, -0.15) is 5.10 Å². The summed E-state index contributed by atoms with van der Waals surface area (Å²) < 4.78 is 1.69. The number of nitrogens with zero attached hydrogens (tertiary/aromatic N) is 3. The molecule has 0 spiro atoms. The first-order valence-electron chi connectivity index (χ1n) is 8.21. The zero-order chi connectivity index (χ0) is 17.6. The third-order valence-electron chi connectivity index (χ3n) is 4.04. The number of hydrogen-bond acceptors (Lipinski definition) is 4. The van der Waals surface area contributed by atoms with Gasteiger partial charge in [0.15, 0.2) is 0 Å². The zero-order valence-corrected chi connectivity index (χ0v) is 14.5. The summed E-state index contributed by atoms with van der Waals surface area (Å²) in [6.07, 6.45) is 5.55. The van der Waals surface area contributed by atoms with Gasteiger partial charge in [-0.3, -0.25) is 9.59 Å². The summed E-state index contributed by atoms with van der Waals surface area (Å²) in [4.78, 5) is 25.7. The second-order valence-corrected chi connectivity index (χ2v) is 6.27. The number of amides is 2. The van der Waals surface area contributed by atoms with Crippen LogP contribution in [0.1, 0.15) is 12.8 Å². The first-order valence-corrected chi connectivity index (χ1v) is 8.59. The molecule has 0 radical (unpaired) electrons. The highest BCUT2D eigenvalue weighted by Crippen LogP contribution is 2.23. The molecule has 0 bridgehead atoms. The van der Waals surface area contributed by atoms with Crippen molar-refractivity contribution in [3.63, 3.8) is 0 Å². The van der Waals surface area contributed by atoms with Gasteiger partial charge in [0.25, 0.3) is 0 Å². The molecule has 8 heteroatoms. The van der Waals surface area contributed by atoms with Crippen LogP contribution in [0.25, 0.3) is 5.69 Å². The lowest BCUT2D eigenvalue weighted by Gasteiger charge is -2.16. The van der Waals surface area contributed by atoms with Crippen molar-refractivity contribution in [3.05, 3.63) is 41.7 Å². The van der Waals surface area contributed by atoms with Crippen molar-refractivity contribution in [1.82, 2.24) is 20.0 Å². The summed E-state index contributed by atoms with van der Waals surface area (Å²) in [5, 5.41) is 10.5. The van der Waals surface area contributed by atoms with E-state index in [9.17, 15) is 9.59 Å². The molecule has 0 atom stereocenters. The fourth-order valence-corrected chi connectivity index (χ4v) is 2.92. The Morgan fingerprint density at radius 1 is 1.20 bits per heavy atom. The smallest absolute Gasteiger partial charge is 0.241 e. The van der Waals surface area contributed by atoms with Crippen LogP contribution in [0, 0.1) is 0 Å². The van der Waals surface area contributed by atoms with E-state index in [4.69, 9.17) is 11.6 Å². The number of hydrogen-bond donors (Lipinski definition) is 2. The number of anilines is 1. The molecular formula is C17H20ClN5O2. The predicted octanol–water partition coefficient (Wildman–Crippen LogP) is 1.68. The second kappa shape index (κ2) is 8.02. The molecule has 0 unspecified atom stereocenters. The Morgan fingerprint density at radius 3 is 2.72 bits per heavy atom. The summed E-state index contributed by atoms with van der Waals surface area (Å²) in [6.45, 7) is 1.63. The van der Waals surface area contributed by atoms with E-state index in [0.29, 0.717) is 10.7 Å². The van der Waals surface area contributed by atoms with Gasteiger partial charge in [0.05, 0.1) is 24.5 Å². The standard InChI is InChI=1S/C17H20ClN5O2/c18-13-4-5-15(23-9-3-6-21-23)14(10-13)19-11-16(24)20-12-17(25)22-7-1-2-8-22/h3-6,9-10,19H,1-2,7-8,11-12H2,(H,20,24). The maximum Gasteiger partial charge on any atom is 0.241 e. The van der Waals surface area contributed by atoms with Crippen molar-refractivity contribution in [2.75, 3.05) is 31.5 Å². The molecule has 7 nitrogen and oxygen atoms in total. The van der Waals surface area contributed by atoms with Gasteiger partial charge in [-0.25, -0.2) is 4.68 Å². The third-order valence-corrected chi connectivity index (χ3v) is 4.28. The lowest BCUT2D eigenvalue weighted by Crippen LogP contribution is -2.40. The highest BCUT2D eigenvalue weighted by atomic mass is 35.5. The minimum atomic E-state index is -0.251. The molecule has 3 rings (SSSR count). The molecule has 2 amide bonds. The van der Waals surface area contributed by atoms with E-state index in [2.05, 4.69) is 15.7 Å². The minimum absolute atomic E-state index is 0.0298. The Bertz CT molecular complexity index is 742. The first-order chi connectivity index (χ1) is 12.1. The fourth-order valence-electron chi connectivity index (χ4n) is 2.75. The molecule has 1 aliphatic heterocycles. The Labute approximate surface area is 150 Å². The number of benzene rings is 1. The number of aromatic nitrogens is 2. The molecule has 2 heterocycles. The van der Waals surface area contributed by atoms with Gasteiger partial charge in [-0.15, -0.1) is 0 Å². The Morgan fingerprint density at radius 2 is 2.00 bits per heavy atom. The summed E-state index contributed by atoms with van der Waals surface area (Å²) in [5.41, 5.74) is 1.48. The Hall–Kier alpha value is -2.54. The summed E-state index contributed by atoms with van der Waals surface area (Å²) in [5.74, 6) is -0.287. The number of rotatable bonds is 6. The third kappa shape index (κ3) is 4.51. The maximum absolute atomic E-state index is 12.0. The number of carbonyl (C=O) groups is 2. The lowest BCUT2D eigenvalue weighted by molar-refractivity contribution is -0.131. The molecule has 0 aliphatic carbocycles. The summed E-state index contributed by atoms with van der Waals surface area (Å²) >= 11 is 6.05. The van der Waals surface area contributed by atoms with Crippen LogP contribution in [-0.2, 0) is 9.59 Å². The highest BCUT2D eigenvalue weighted by molar-refractivity contribution is 6.31. The molecule has 2 N–H and O–H groups in total. The topological polar surface area (TPSA) is 79.3 Å². The monoisotopic (exact) mass is 361 g/mol. The average Bonchev–Trinajstić information content (AvgIpc) is 3.31. The number of likely N-dealkylation sites (tertiary alicyclic amines) is 1. The van der Waals surface area contributed by atoms with E-state index < -0.39 is 0 Å². The maximum atomic E-state index is 12.0. The fraction of sp³-hybridized carbons (Fsp3) is 0.353. The molecule has 1 fully saturated rings. The lowest BCUT2D eigenvalue weighted by atomic mass is 10.2. The van der Waals surface area contributed by atoms with Crippen molar-refractivity contribution in [3.8, 4) is 5.69 Å². The largest absolute Gasteiger partial charge is 0.374 e. The van der Waals surface area contributed by atoms with E-state index >= 15 is 0 Å². The summed E-state index contributed by atoms with van der Waals surface area (Å²) in [7, 11) is 0. The summed E-state index contributed by atoms with van der Waals surface area (Å²) in [6, 6.07) is 7.14. The van der Waals surface area contributed by atoms with Crippen molar-refractivity contribution in [2.24, 2.45) is 0 Å². The van der Waals surface area contributed by atoms with Gasteiger partial charge >= 0.3 is 0 Å². The van der Waals surface area contributed by atoms with E-state index in [-0.39, 0.29) is 24.9 Å². The molecule has 1 aromatic carbocycles. The first kappa shape index (κ1) is 17.3. The number of halogens is 1. The normalized spacial score (nSPS) is 13.7. The van der Waals surface area contributed by atoms with Crippen molar-refractivity contribution in [2.45, 2.75) is 12.8 Å². The van der Waals surface area contributed by atoms with E-state index in [1.54, 1.807) is 27.9 Å². The van der Waals surface area contributed by atoms with Gasteiger partial charge in [-0.05, 0) is 37.1 Å². The SMILES string of the molecule is O=C(CNc1cc(Cl)ccc1-n1cccn1)NCC(=O)N1CCCC1. The van der Waals surface area contributed by atoms with E-state index in [0.717, 1.165) is 31.6 Å². The van der Waals surface area contributed by atoms with E-state index in [1.165, 1.54) is 0 Å². The van der Waals surface area contributed by atoms with Crippen LogP contribution in [0.5, 0.6) is 0 Å². The van der Waals surface area contributed by atoms with Gasteiger partial charge in [0.2, 0.25) is 11.8 Å². The van der Waals surface area contributed by atoms with Crippen molar-refractivity contribution in [1.29, 1.82) is 0 Å². The van der Waals surface area contributed by atoms with Crippen LogP contribution in [0.15, 0.2) is 36.7 Å². The average molecular weight is 362 g/mol. The van der Waals surface area contributed by atoms with Gasteiger partial charge < -0.3 is 15.5 Å². The van der Waals surface area contributed by atoms with Crippen LogP contribution in [-0.4, -0.2) is 52.7 Å². The molecule has 132 valence electrons. The van der Waals surface area contributed by atoms with Gasteiger partial charge in [0, 0.05) is 30.5 Å². The number of nitrogens with one attached hydrogen (secondary N) is 2. The van der Waals surface area contributed by atoms with E-state index in [1.807, 2.05) is 18.3 Å².